The summed E-state index contributed by atoms with van der Waals surface area (Å²) in [5.74, 6) is 2.13. The predicted molar refractivity (Wildman–Crippen MR) is 54.8 cm³/mol. The van der Waals surface area contributed by atoms with Gasteiger partial charge < -0.3 is 0 Å². The SMILES string of the molecule is CCSc1cc(SCC)ncn1. The van der Waals surface area contributed by atoms with Crippen molar-refractivity contribution >= 4 is 23.5 Å². The quantitative estimate of drug-likeness (QED) is 0.551. The van der Waals surface area contributed by atoms with Gasteiger partial charge in [0.05, 0.1) is 0 Å². The van der Waals surface area contributed by atoms with Crippen LogP contribution in [0.2, 0.25) is 0 Å². The lowest BCUT2D eigenvalue weighted by atomic mass is 10.7. The second-order valence-corrected chi connectivity index (χ2v) is 4.63. The van der Waals surface area contributed by atoms with Gasteiger partial charge in [0.1, 0.15) is 16.4 Å². The summed E-state index contributed by atoms with van der Waals surface area (Å²) in [6.45, 7) is 4.25. The Balaban J connectivity index is 2.67. The molecule has 0 bridgehead atoms. The number of hydrogen-bond acceptors (Lipinski definition) is 4. The Morgan fingerprint density at radius 1 is 1.08 bits per heavy atom. The summed E-state index contributed by atoms with van der Waals surface area (Å²) in [6, 6.07) is 2.04. The van der Waals surface area contributed by atoms with Gasteiger partial charge in [0, 0.05) is 6.07 Å². The topological polar surface area (TPSA) is 25.8 Å². The van der Waals surface area contributed by atoms with Crippen LogP contribution in [0.25, 0.3) is 0 Å². The molecule has 4 heteroatoms. The van der Waals surface area contributed by atoms with Crippen molar-refractivity contribution in [3.8, 4) is 0 Å². The highest BCUT2D eigenvalue weighted by molar-refractivity contribution is 7.99. The Morgan fingerprint density at radius 2 is 1.58 bits per heavy atom. The van der Waals surface area contributed by atoms with Crippen LogP contribution in [0.1, 0.15) is 13.8 Å². The molecule has 0 amide bonds. The van der Waals surface area contributed by atoms with Gasteiger partial charge in [-0.25, -0.2) is 9.97 Å². The first kappa shape index (κ1) is 9.86. The van der Waals surface area contributed by atoms with E-state index >= 15 is 0 Å². The van der Waals surface area contributed by atoms with Gasteiger partial charge in [0.2, 0.25) is 0 Å². The van der Waals surface area contributed by atoms with Crippen LogP contribution in [0.3, 0.4) is 0 Å². The molecule has 0 unspecified atom stereocenters. The number of nitrogens with zero attached hydrogens (tertiary/aromatic N) is 2. The van der Waals surface area contributed by atoms with Crippen LogP contribution in [0.5, 0.6) is 0 Å². The van der Waals surface area contributed by atoms with Crippen LogP contribution in [0.15, 0.2) is 22.4 Å². The Bertz CT molecular complexity index is 219. The van der Waals surface area contributed by atoms with Crippen LogP contribution in [0, 0.1) is 0 Å². The first-order valence-corrected chi connectivity index (χ1v) is 5.91. The molecular weight excluding hydrogens is 188 g/mol. The fourth-order valence-corrected chi connectivity index (χ4v) is 2.08. The van der Waals surface area contributed by atoms with Gasteiger partial charge in [0.25, 0.3) is 0 Å². The molecule has 0 radical (unpaired) electrons. The second-order valence-electron chi connectivity index (χ2n) is 2.06. The van der Waals surface area contributed by atoms with Gasteiger partial charge in [-0.15, -0.1) is 23.5 Å². The Labute approximate surface area is 81.6 Å². The summed E-state index contributed by atoms with van der Waals surface area (Å²) in [5, 5.41) is 2.15. The van der Waals surface area contributed by atoms with Crippen LogP contribution < -0.4 is 0 Å². The van der Waals surface area contributed by atoms with Gasteiger partial charge in [-0.3, -0.25) is 0 Å². The van der Waals surface area contributed by atoms with Crippen LogP contribution in [0.4, 0.5) is 0 Å². The molecule has 0 saturated heterocycles. The normalized spacial score (nSPS) is 10.2. The van der Waals surface area contributed by atoms with Crippen molar-refractivity contribution in [1.29, 1.82) is 0 Å². The van der Waals surface area contributed by atoms with E-state index in [2.05, 4.69) is 23.8 Å². The zero-order valence-electron chi connectivity index (χ0n) is 7.28. The third-order valence-electron chi connectivity index (χ3n) is 1.20. The lowest BCUT2D eigenvalue weighted by Crippen LogP contribution is -1.85. The lowest BCUT2D eigenvalue weighted by molar-refractivity contribution is 0.963. The minimum atomic E-state index is 1.06. The van der Waals surface area contributed by atoms with E-state index in [1.807, 2.05) is 6.07 Å². The zero-order valence-corrected chi connectivity index (χ0v) is 8.91. The van der Waals surface area contributed by atoms with Crippen molar-refractivity contribution in [2.24, 2.45) is 0 Å². The fraction of sp³-hybridized carbons (Fsp3) is 0.500. The van der Waals surface area contributed by atoms with E-state index in [0.29, 0.717) is 0 Å². The fourth-order valence-electron chi connectivity index (χ4n) is 0.776. The highest BCUT2D eigenvalue weighted by Gasteiger charge is 1.97. The number of aromatic nitrogens is 2. The molecule has 2 nitrogen and oxygen atoms in total. The molecule has 12 heavy (non-hydrogen) atoms. The van der Waals surface area contributed by atoms with Crippen molar-refractivity contribution < 1.29 is 0 Å². The molecule has 0 aliphatic rings. The molecule has 1 aromatic heterocycles. The molecule has 0 fully saturated rings. The Morgan fingerprint density at radius 3 is 2.00 bits per heavy atom. The Hall–Kier alpha value is -0.220. The molecule has 1 aromatic rings. The monoisotopic (exact) mass is 200 g/mol. The van der Waals surface area contributed by atoms with Gasteiger partial charge in [-0.1, -0.05) is 13.8 Å². The number of hydrogen-bond donors (Lipinski definition) is 0. The lowest BCUT2D eigenvalue weighted by Gasteiger charge is -1.99. The first-order chi connectivity index (χ1) is 5.86. The predicted octanol–water partition coefficient (Wildman–Crippen LogP) is 2.70. The van der Waals surface area contributed by atoms with E-state index in [4.69, 9.17) is 0 Å². The summed E-state index contributed by atoms with van der Waals surface area (Å²) in [6.07, 6.45) is 1.63. The molecular formula is C8H12N2S2. The largest absolute Gasteiger partial charge is 0.230 e. The average molecular weight is 200 g/mol. The first-order valence-electron chi connectivity index (χ1n) is 3.94. The van der Waals surface area contributed by atoms with Crippen LogP contribution in [-0.2, 0) is 0 Å². The van der Waals surface area contributed by atoms with E-state index < -0.39 is 0 Å². The highest BCUT2D eigenvalue weighted by Crippen LogP contribution is 2.20. The molecule has 0 N–H and O–H groups in total. The van der Waals surface area contributed by atoms with E-state index in [-0.39, 0.29) is 0 Å². The number of thioether (sulfide) groups is 2. The second kappa shape index (κ2) is 5.43. The third kappa shape index (κ3) is 3.03. The summed E-state index contributed by atoms with van der Waals surface area (Å²) < 4.78 is 0. The maximum Gasteiger partial charge on any atom is 0.117 e. The van der Waals surface area contributed by atoms with Crippen LogP contribution in [-0.4, -0.2) is 21.5 Å². The zero-order chi connectivity index (χ0) is 8.81. The Kier molecular flexibility index (Phi) is 4.46. The van der Waals surface area contributed by atoms with Crippen molar-refractivity contribution in [2.75, 3.05) is 11.5 Å². The number of rotatable bonds is 4. The highest BCUT2D eigenvalue weighted by atomic mass is 32.2. The van der Waals surface area contributed by atoms with Crippen LogP contribution >= 0.6 is 23.5 Å². The molecule has 66 valence electrons. The van der Waals surface area contributed by atoms with Gasteiger partial charge >= 0.3 is 0 Å². The molecule has 0 aliphatic heterocycles. The van der Waals surface area contributed by atoms with E-state index in [1.54, 1.807) is 29.9 Å². The van der Waals surface area contributed by atoms with Gasteiger partial charge in [-0.2, -0.15) is 0 Å². The molecule has 0 aromatic carbocycles. The van der Waals surface area contributed by atoms with Crippen molar-refractivity contribution in [3.05, 3.63) is 12.4 Å². The molecule has 0 saturated carbocycles. The van der Waals surface area contributed by atoms with Gasteiger partial charge in [0.15, 0.2) is 0 Å². The minimum Gasteiger partial charge on any atom is -0.230 e. The maximum atomic E-state index is 4.15. The van der Waals surface area contributed by atoms with E-state index in [9.17, 15) is 0 Å². The van der Waals surface area contributed by atoms with Crippen molar-refractivity contribution in [3.63, 3.8) is 0 Å². The average Bonchev–Trinajstić information content (AvgIpc) is 2.06. The molecule has 1 rings (SSSR count). The van der Waals surface area contributed by atoms with Crippen molar-refractivity contribution in [2.45, 2.75) is 23.9 Å². The summed E-state index contributed by atoms with van der Waals surface area (Å²) in [7, 11) is 0. The summed E-state index contributed by atoms with van der Waals surface area (Å²) in [5.41, 5.74) is 0. The third-order valence-corrected chi connectivity index (χ3v) is 2.82. The molecule has 1 heterocycles. The van der Waals surface area contributed by atoms with Gasteiger partial charge in [-0.05, 0) is 11.5 Å². The summed E-state index contributed by atoms with van der Waals surface area (Å²) in [4.78, 5) is 8.30. The minimum absolute atomic E-state index is 1.06. The summed E-state index contributed by atoms with van der Waals surface area (Å²) >= 11 is 3.50. The van der Waals surface area contributed by atoms with E-state index in [0.717, 1.165) is 21.6 Å². The maximum absolute atomic E-state index is 4.15. The van der Waals surface area contributed by atoms with Crippen molar-refractivity contribution in [1.82, 2.24) is 9.97 Å². The van der Waals surface area contributed by atoms with E-state index in [1.165, 1.54) is 0 Å². The standard InChI is InChI=1S/C8H12N2S2/c1-3-11-7-5-8(12-4-2)10-6-9-7/h5-6H,3-4H2,1-2H3. The molecule has 0 atom stereocenters. The smallest absolute Gasteiger partial charge is 0.117 e. The molecule has 0 spiro atoms. The molecule has 0 aliphatic carbocycles.